The van der Waals surface area contributed by atoms with Gasteiger partial charge < -0.3 is 10.1 Å². The maximum Gasteiger partial charge on any atom is 0.220 e. The van der Waals surface area contributed by atoms with Crippen molar-refractivity contribution in [2.75, 3.05) is 6.61 Å². The van der Waals surface area contributed by atoms with Crippen LogP contribution < -0.4 is 10.1 Å². The van der Waals surface area contributed by atoms with Crippen LogP contribution in [0.15, 0.2) is 24.5 Å². The second kappa shape index (κ2) is 5.49. The molecule has 0 bridgehead atoms. The fraction of sp³-hybridized carbons (Fsp3) is 0.500. The van der Waals surface area contributed by atoms with Crippen molar-refractivity contribution in [1.82, 2.24) is 10.3 Å². The Morgan fingerprint density at radius 3 is 3.12 bits per heavy atom. The van der Waals surface area contributed by atoms with Gasteiger partial charge in [-0.15, -0.1) is 0 Å². The predicted molar refractivity (Wildman–Crippen MR) is 60.1 cm³/mol. The van der Waals surface area contributed by atoms with E-state index in [0.29, 0.717) is 19.1 Å². The van der Waals surface area contributed by atoms with Gasteiger partial charge in [0.25, 0.3) is 0 Å². The first-order valence-corrected chi connectivity index (χ1v) is 5.67. The summed E-state index contributed by atoms with van der Waals surface area (Å²) in [5.74, 6) is 0.891. The second-order valence-corrected chi connectivity index (χ2v) is 3.98. The van der Waals surface area contributed by atoms with E-state index >= 15 is 0 Å². The number of amides is 1. The average Bonchev–Trinajstić information content (AvgIpc) is 3.10. The second-order valence-electron chi connectivity index (χ2n) is 3.98. The Bertz CT molecular complexity index is 336. The molecule has 0 radical (unpaired) electrons. The normalized spacial score (nSPS) is 14.5. The molecule has 0 aliphatic heterocycles. The lowest BCUT2D eigenvalue weighted by Gasteiger charge is -2.05. The number of rotatable bonds is 6. The number of ether oxygens (including phenoxy) is 1. The third-order valence-electron chi connectivity index (χ3n) is 2.39. The van der Waals surface area contributed by atoms with Gasteiger partial charge in [0.05, 0.1) is 12.8 Å². The van der Waals surface area contributed by atoms with Crippen LogP contribution in [0.25, 0.3) is 0 Å². The lowest BCUT2D eigenvalue weighted by atomic mass is 10.3. The topological polar surface area (TPSA) is 51.2 Å². The molecule has 0 aromatic carbocycles. The van der Waals surface area contributed by atoms with Gasteiger partial charge in [-0.25, -0.2) is 0 Å². The average molecular weight is 220 g/mol. The van der Waals surface area contributed by atoms with E-state index in [4.69, 9.17) is 4.74 Å². The molecule has 0 atom stereocenters. The Balaban J connectivity index is 1.56. The number of pyridine rings is 1. The van der Waals surface area contributed by atoms with E-state index in [0.717, 1.165) is 25.0 Å². The van der Waals surface area contributed by atoms with Gasteiger partial charge in [-0.1, -0.05) is 0 Å². The van der Waals surface area contributed by atoms with E-state index in [2.05, 4.69) is 10.3 Å². The van der Waals surface area contributed by atoms with Crippen molar-refractivity contribution in [2.24, 2.45) is 0 Å². The highest BCUT2D eigenvalue weighted by molar-refractivity contribution is 5.76. The summed E-state index contributed by atoms with van der Waals surface area (Å²) in [7, 11) is 0. The summed E-state index contributed by atoms with van der Waals surface area (Å²) >= 11 is 0. The van der Waals surface area contributed by atoms with Gasteiger partial charge in [0.2, 0.25) is 5.91 Å². The number of hydrogen-bond acceptors (Lipinski definition) is 3. The first-order chi connectivity index (χ1) is 7.84. The molecule has 4 nitrogen and oxygen atoms in total. The molecular weight excluding hydrogens is 204 g/mol. The molecule has 16 heavy (non-hydrogen) atoms. The largest absolute Gasteiger partial charge is 0.492 e. The van der Waals surface area contributed by atoms with E-state index in [1.54, 1.807) is 12.4 Å². The molecule has 1 aromatic rings. The molecule has 1 heterocycles. The highest BCUT2D eigenvalue weighted by atomic mass is 16.5. The summed E-state index contributed by atoms with van der Waals surface area (Å²) < 4.78 is 5.43. The van der Waals surface area contributed by atoms with Crippen molar-refractivity contribution in [3.05, 3.63) is 24.5 Å². The zero-order valence-electron chi connectivity index (χ0n) is 9.19. The summed E-state index contributed by atoms with van der Waals surface area (Å²) in [6.07, 6.45) is 6.93. The Labute approximate surface area is 95.0 Å². The van der Waals surface area contributed by atoms with Crippen LogP contribution in [-0.4, -0.2) is 23.5 Å². The Morgan fingerprint density at radius 2 is 2.44 bits per heavy atom. The molecule has 0 spiro atoms. The summed E-state index contributed by atoms with van der Waals surface area (Å²) in [5.41, 5.74) is 0. The monoisotopic (exact) mass is 220 g/mol. The van der Waals surface area contributed by atoms with Crippen LogP contribution in [0.1, 0.15) is 25.7 Å². The van der Waals surface area contributed by atoms with Gasteiger partial charge in [-0.2, -0.15) is 0 Å². The number of aromatic nitrogens is 1. The Morgan fingerprint density at radius 1 is 1.56 bits per heavy atom. The fourth-order valence-electron chi connectivity index (χ4n) is 1.38. The molecule has 1 aliphatic rings. The first kappa shape index (κ1) is 10.9. The van der Waals surface area contributed by atoms with E-state index < -0.39 is 0 Å². The Kier molecular flexibility index (Phi) is 3.75. The minimum atomic E-state index is 0.136. The maximum absolute atomic E-state index is 11.3. The Hall–Kier alpha value is -1.58. The summed E-state index contributed by atoms with van der Waals surface area (Å²) in [6.45, 7) is 0.559. The van der Waals surface area contributed by atoms with E-state index in [1.807, 2.05) is 12.1 Å². The van der Waals surface area contributed by atoms with Gasteiger partial charge in [0.15, 0.2) is 0 Å². The number of carbonyl (C=O) groups is 1. The lowest BCUT2D eigenvalue weighted by Crippen LogP contribution is -2.25. The van der Waals surface area contributed by atoms with Gasteiger partial charge in [0.1, 0.15) is 5.75 Å². The van der Waals surface area contributed by atoms with E-state index in [-0.39, 0.29) is 5.91 Å². The molecular formula is C12H16N2O2. The van der Waals surface area contributed by atoms with Crippen molar-refractivity contribution in [2.45, 2.75) is 31.7 Å². The first-order valence-electron chi connectivity index (χ1n) is 5.67. The molecule has 1 amide bonds. The van der Waals surface area contributed by atoms with E-state index in [1.165, 1.54) is 0 Å². The number of hydrogen-bond donors (Lipinski definition) is 1. The van der Waals surface area contributed by atoms with Gasteiger partial charge in [0, 0.05) is 18.7 Å². The van der Waals surface area contributed by atoms with Crippen molar-refractivity contribution in [3.8, 4) is 5.75 Å². The third-order valence-corrected chi connectivity index (χ3v) is 2.39. The van der Waals surface area contributed by atoms with Gasteiger partial charge in [-0.3, -0.25) is 9.78 Å². The van der Waals surface area contributed by atoms with Crippen LogP contribution in [-0.2, 0) is 4.79 Å². The molecule has 0 saturated heterocycles. The smallest absolute Gasteiger partial charge is 0.220 e. The van der Waals surface area contributed by atoms with Crippen molar-refractivity contribution in [3.63, 3.8) is 0 Å². The SMILES string of the molecule is O=C(CCCOc1cccnc1)NC1CC1. The molecule has 2 rings (SSSR count). The minimum absolute atomic E-state index is 0.136. The minimum Gasteiger partial charge on any atom is -0.492 e. The van der Waals surface area contributed by atoms with Gasteiger partial charge in [-0.05, 0) is 31.4 Å². The number of carbonyl (C=O) groups excluding carboxylic acids is 1. The molecule has 86 valence electrons. The molecule has 1 aromatic heterocycles. The quantitative estimate of drug-likeness (QED) is 0.739. The van der Waals surface area contributed by atoms with E-state index in [9.17, 15) is 4.79 Å². The van der Waals surface area contributed by atoms with Crippen LogP contribution in [0, 0.1) is 0 Å². The molecule has 1 saturated carbocycles. The summed E-state index contributed by atoms with van der Waals surface area (Å²) in [5, 5.41) is 2.95. The number of nitrogens with one attached hydrogen (secondary N) is 1. The molecule has 1 N–H and O–H groups in total. The number of nitrogens with zero attached hydrogens (tertiary/aromatic N) is 1. The van der Waals surface area contributed by atoms with Crippen LogP contribution in [0.2, 0.25) is 0 Å². The van der Waals surface area contributed by atoms with Crippen LogP contribution in [0.5, 0.6) is 5.75 Å². The molecule has 1 aliphatic carbocycles. The summed E-state index contributed by atoms with van der Waals surface area (Å²) in [4.78, 5) is 15.3. The maximum atomic E-state index is 11.3. The van der Waals surface area contributed by atoms with Crippen molar-refractivity contribution >= 4 is 5.91 Å². The van der Waals surface area contributed by atoms with Crippen molar-refractivity contribution < 1.29 is 9.53 Å². The molecule has 4 heteroatoms. The zero-order chi connectivity index (χ0) is 11.2. The highest BCUT2D eigenvalue weighted by Crippen LogP contribution is 2.18. The lowest BCUT2D eigenvalue weighted by molar-refractivity contribution is -0.121. The fourth-order valence-corrected chi connectivity index (χ4v) is 1.38. The summed E-state index contributed by atoms with van der Waals surface area (Å²) in [6, 6.07) is 4.14. The van der Waals surface area contributed by atoms with Crippen LogP contribution >= 0.6 is 0 Å². The molecule has 1 fully saturated rings. The third kappa shape index (κ3) is 3.88. The predicted octanol–water partition coefficient (Wildman–Crippen LogP) is 1.52. The van der Waals surface area contributed by atoms with Crippen LogP contribution in [0.3, 0.4) is 0 Å². The van der Waals surface area contributed by atoms with Gasteiger partial charge >= 0.3 is 0 Å². The standard InChI is InChI=1S/C12H16N2O2/c15-12(14-10-5-6-10)4-2-8-16-11-3-1-7-13-9-11/h1,3,7,9-10H,2,4-6,8H2,(H,14,15). The zero-order valence-corrected chi connectivity index (χ0v) is 9.19. The van der Waals surface area contributed by atoms with Crippen molar-refractivity contribution in [1.29, 1.82) is 0 Å². The van der Waals surface area contributed by atoms with Crippen LogP contribution in [0.4, 0.5) is 0 Å². The molecule has 0 unspecified atom stereocenters. The highest BCUT2D eigenvalue weighted by Gasteiger charge is 2.22.